The Balaban J connectivity index is 2.36. The van der Waals surface area contributed by atoms with Crippen molar-refractivity contribution in [1.29, 1.82) is 0 Å². The van der Waals surface area contributed by atoms with Gasteiger partial charge in [0, 0.05) is 6.54 Å². The van der Waals surface area contributed by atoms with E-state index in [0.717, 1.165) is 32.4 Å². The lowest BCUT2D eigenvalue weighted by Crippen LogP contribution is -2.42. The highest BCUT2D eigenvalue weighted by Crippen LogP contribution is 2.19. The molecule has 1 N–H and O–H groups in total. The van der Waals surface area contributed by atoms with Crippen molar-refractivity contribution in [2.75, 3.05) is 32.7 Å². The van der Waals surface area contributed by atoms with Crippen molar-refractivity contribution in [1.82, 2.24) is 10.2 Å². The molecule has 1 fully saturated rings. The zero-order chi connectivity index (χ0) is 12.0. The minimum Gasteiger partial charge on any atom is -0.316 e. The molecule has 0 aromatic carbocycles. The van der Waals surface area contributed by atoms with Crippen molar-refractivity contribution < 1.29 is 13.2 Å². The van der Waals surface area contributed by atoms with Crippen molar-refractivity contribution in [3.63, 3.8) is 0 Å². The summed E-state index contributed by atoms with van der Waals surface area (Å²) in [7, 11) is 0. The van der Waals surface area contributed by atoms with Gasteiger partial charge in [0.1, 0.15) is 0 Å². The third-order valence-corrected chi connectivity index (χ3v) is 2.86. The Hall–Kier alpha value is -0.290. The van der Waals surface area contributed by atoms with Gasteiger partial charge < -0.3 is 5.32 Å². The Morgan fingerprint density at radius 1 is 1.38 bits per heavy atom. The first-order chi connectivity index (χ1) is 7.51. The molecule has 0 aromatic heterocycles. The molecule has 1 rings (SSSR count). The molecule has 1 atom stereocenters. The van der Waals surface area contributed by atoms with Crippen LogP contribution in [0.1, 0.15) is 26.2 Å². The second-order valence-corrected chi connectivity index (χ2v) is 4.56. The third-order valence-electron chi connectivity index (χ3n) is 2.86. The largest absolute Gasteiger partial charge is 0.401 e. The van der Waals surface area contributed by atoms with Gasteiger partial charge >= 0.3 is 6.18 Å². The van der Waals surface area contributed by atoms with Crippen molar-refractivity contribution in [2.45, 2.75) is 32.4 Å². The number of rotatable bonds is 5. The maximum Gasteiger partial charge on any atom is 0.401 e. The molecular formula is C11H21F3N2. The van der Waals surface area contributed by atoms with Gasteiger partial charge in [-0.1, -0.05) is 6.92 Å². The van der Waals surface area contributed by atoms with Crippen LogP contribution in [0.3, 0.4) is 0 Å². The number of nitrogens with one attached hydrogen (secondary N) is 1. The Morgan fingerprint density at radius 3 is 2.62 bits per heavy atom. The number of nitrogens with zero attached hydrogens (tertiary/aromatic N) is 1. The second-order valence-electron chi connectivity index (χ2n) is 4.56. The summed E-state index contributed by atoms with van der Waals surface area (Å²) in [5.41, 5.74) is 0. The molecule has 1 aliphatic heterocycles. The first kappa shape index (κ1) is 13.8. The van der Waals surface area contributed by atoms with Crippen LogP contribution in [0.4, 0.5) is 13.2 Å². The molecule has 1 saturated heterocycles. The van der Waals surface area contributed by atoms with Crippen LogP contribution in [0.2, 0.25) is 0 Å². The maximum atomic E-state index is 12.3. The molecule has 0 radical (unpaired) electrons. The summed E-state index contributed by atoms with van der Waals surface area (Å²) < 4.78 is 37.0. The molecule has 5 heteroatoms. The molecule has 0 spiro atoms. The summed E-state index contributed by atoms with van der Waals surface area (Å²) in [6, 6.07) is 0. The molecule has 0 aromatic rings. The van der Waals surface area contributed by atoms with E-state index in [1.807, 2.05) is 6.92 Å². The van der Waals surface area contributed by atoms with Crippen LogP contribution >= 0.6 is 0 Å². The van der Waals surface area contributed by atoms with Crippen LogP contribution < -0.4 is 5.32 Å². The molecule has 1 aliphatic rings. The van der Waals surface area contributed by atoms with Gasteiger partial charge in [0.2, 0.25) is 0 Å². The standard InChI is InChI=1S/C11H21F3N2/c1-2-6-16(9-11(12,13)14)8-10-4-3-5-15-7-10/h10,15H,2-9H2,1H3. The summed E-state index contributed by atoms with van der Waals surface area (Å²) in [4.78, 5) is 1.54. The van der Waals surface area contributed by atoms with E-state index in [0.29, 0.717) is 19.0 Å². The zero-order valence-electron chi connectivity index (χ0n) is 9.82. The molecule has 1 heterocycles. The van der Waals surface area contributed by atoms with E-state index in [-0.39, 0.29) is 0 Å². The van der Waals surface area contributed by atoms with Crippen LogP contribution in [0.5, 0.6) is 0 Å². The number of piperidine rings is 1. The summed E-state index contributed by atoms with van der Waals surface area (Å²) >= 11 is 0. The van der Waals surface area contributed by atoms with E-state index in [4.69, 9.17) is 0 Å². The van der Waals surface area contributed by atoms with Crippen molar-refractivity contribution in [3.05, 3.63) is 0 Å². The molecule has 16 heavy (non-hydrogen) atoms. The fourth-order valence-corrected chi connectivity index (χ4v) is 2.25. The van der Waals surface area contributed by atoms with Crippen molar-refractivity contribution in [3.8, 4) is 0 Å². The van der Waals surface area contributed by atoms with E-state index in [1.54, 1.807) is 0 Å². The van der Waals surface area contributed by atoms with E-state index >= 15 is 0 Å². The highest BCUT2D eigenvalue weighted by Gasteiger charge is 2.31. The lowest BCUT2D eigenvalue weighted by atomic mass is 9.99. The van der Waals surface area contributed by atoms with Crippen molar-refractivity contribution in [2.24, 2.45) is 5.92 Å². The monoisotopic (exact) mass is 238 g/mol. The van der Waals surface area contributed by atoms with Gasteiger partial charge in [0.25, 0.3) is 0 Å². The molecule has 0 bridgehead atoms. The predicted molar refractivity (Wildman–Crippen MR) is 58.4 cm³/mol. The lowest BCUT2D eigenvalue weighted by Gasteiger charge is -2.30. The van der Waals surface area contributed by atoms with Crippen LogP contribution in [0, 0.1) is 5.92 Å². The molecule has 0 amide bonds. The summed E-state index contributed by atoms with van der Waals surface area (Å²) in [5.74, 6) is 0.377. The quantitative estimate of drug-likeness (QED) is 0.790. The Labute approximate surface area is 95.2 Å². The summed E-state index contributed by atoms with van der Waals surface area (Å²) in [6.07, 6.45) is -1.17. The molecular weight excluding hydrogens is 217 g/mol. The second kappa shape index (κ2) is 6.45. The van der Waals surface area contributed by atoms with Gasteiger partial charge in [-0.15, -0.1) is 0 Å². The Morgan fingerprint density at radius 2 is 2.12 bits per heavy atom. The van der Waals surface area contributed by atoms with Gasteiger partial charge in [-0.3, -0.25) is 4.90 Å². The van der Waals surface area contributed by atoms with Crippen molar-refractivity contribution >= 4 is 0 Å². The average molecular weight is 238 g/mol. The number of hydrogen-bond acceptors (Lipinski definition) is 2. The van der Waals surface area contributed by atoms with Crippen LogP contribution in [0.25, 0.3) is 0 Å². The fourth-order valence-electron chi connectivity index (χ4n) is 2.25. The average Bonchev–Trinajstić information content (AvgIpc) is 2.17. The minimum atomic E-state index is -4.07. The van der Waals surface area contributed by atoms with Gasteiger partial charge in [0.05, 0.1) is 6.54 Å². The highest BCUT2D eigenvalue weighted by molar-refractivity contribution is 4.74. The molecule has 0 saturated carbocycles. The number of hydrogen-bond donors (Lipinski definition) is 1. The number of halogens is 3. The molecule has 96 valence electrons. The Kier molecular flexibility index (Phi) is 5.55. The van der Waals surface area contributed by atoms with E-state index in [9.17, 15) is 13.2 Å². The minimum absolute atomic E-state index is 0.377. The van der Waals surface area contributed by atoms with Gasteiger partial charge in [-0.05, 0) is 44.8 Å². The van der Waals surface area contributed by atoms with Gasteiger partial charge in [-0.25, -0.2) is 0 Å². The van der Waals surface area contributed by atoms with Crippen LogP contribution in [-0.4, -0.2) is 43.8 Å². The van der Waals surface area contributed by atoms with Crippen LogP contribution in [0.15, 0.2) is 0 Å². The lowest BCUT2D eigenvalue weighted by molar-refractivity contribution is -0.147. The first-order valence-electron chi connectivity index (χ1n) is 6.01. The molecule has 2 nitrogen and oxygen atoms in total. The topological polar surface area (TPSA) is 15.3 Å². The third kappa shape index (κ3) is 5.70. The SMILES string of the molecule is CCCN(CC1CCCNC1)CC(F)(F)F. The fraction of sp³-hybridized carbons (Fsp3) is 1.00. The maximum absolute atomic E-state index is 12.3. The highest BCUT2D eigenvalue weighted by atomic mass is 19.4. The summed E-state index contributed by atoms with van der Waals surface area (Å²) in [6.45, 7) is 4.12. The van der Waals surface area contributed by atoms with E-state index in [1.165, 1.54) is 4.90 Å². The zero-order valence-corrected chi connectivity index (χ0v) is 9.82. The van der Waals surface area contributed by atoms with Gasteiger partial charge in [0.15, 0.2) is 0 Å². The molecule has 1 unspecified atom stereocenters. The normalized spacial score (nSPS) is 22.7. The van der Waals surface area contributed by atoms with E-state index < -0.39 is 12.7 Å². The molecule has 0 aliphatic carbocycles. The predicted octanol–water partition coefficient (Wildman–Crippen LogP) is 2.26. The Bertz CT molecular complexity index is 188. The van der Waals surface area contributed by atoms with Crippen LogP contribution in [-0.2, 0) is 0 Å². The first-order valence-corrected chi connectivity index (χ1v) is 6.01. The number of alkyl halides is 3. The van der Waals surface area contributed by atoms with E-state index in [2.05, 4.69) is 5.32 Å². The van der Waals surface area contributed by atoms with Gasteiger partial charge in [-0.2, -0.15) is 13.2 Å². The summed E-state index contributed by atoms with van der Waals surface area (Å²) in [5, 5.41) is 3.24. The smallest absolute Gasteiger partial charge is 0.316 e.